The van der Waals surface area contributed by atoms with E-state index in [1.807, 2.05) is 60.7 Å². The first-order valence-corrected chi connectivity index (χ1v) is 10.2. The van der Waals surface area contributed by atoms with Crippen molar-refractivity contribution in [1.29, 1.82) is 0 Å². The predicted octanol–water partition coefficient (Wildman–Crippen LogP) is 4.25. The van der Waals surface area contributed by atoms with E-state index < -0.39 is 18.0 Å². The second-order valence-corrected chi connectivity index (χ2v) is 7.28. The zero-order valence-electron chi connectivity index (χ0n) is 18.1. The SMILES string of the molecule is COC(=O)c1ccc(C(=O)OC(C)C(=O)N(Cc2ccccc2)Cc2ccccc2)cc1. The Kier molecular flexibility index (Phi) is 7.75. The van der Waals surface area contributed by atoms with E-state index in [-0.39, 0.29) is 11.5 Å². The lowest BCUT2D eigenvalue weighted by atomic mass is 10.1. The summed E-state index contributed by atoms with van der Waals surface area (Å²) < 4.78 is 10.1. The Hall–Kier alpha value is -3.93. The van der Waals surface area contributed by atoms with E-state index in [1.54, 1.807) is 11.8 Å². The molecule has 0 N–H and O–H groups in total. The second-order valence-electron chi connectivity index (χ2n) is 7.28. The number of amides is 1. The third kappa shape index (κ3) is 6.04. The number of hydrogen-bond acceptors (Lipinski definition) is 5. The highest BCUT2D eigenvalue weighted by molar-refractivity contribution is 5.94. The van der Waals surface area contributed by atoms with Crippen LogP contribution < -0.4 is 0 Å². The van der Waals surface area contributed by atoms with Gasteiger partial charge in [0.15, 0.2) is 6.10 Å². The van der Waals surface area contributed by atoms with Gasteiger partial charge in [-0.2, -0.15) is 0 Å². The molecule has 164 valence electrons. The average molecular weight is 431 g/mol. The van der Waals surface area contributed by atoms with E-state index in [2.05, 4.69) is 4.74 Å². The van der Waals surface area contributed by atoms with Gasteiger partial charge in [0, 0.05) is 13.1 Å². The van der Waals surface area contributed by atoms with E-state index in [4.69, 9.17) is 4.74 Å². The van der Waals surface area contributed by atoms with Crippen molar-refractivity contribution < 1.29 is 23.9 Å². The smallest absolute Gasteiger partial charge is 0.338 e. The fraction of sp³-hybridized carbons (Fsp3) is 0.192. The lowest BCUT2D eigenvalue weighted by Crippen LogP contribution is -2.39. The van der Waals surface area contributed by atoms with Crippen LogP contribution in [0.4, 0.5) is 0 Å². The molecule has 0 radical (unpaired) electrons. The van der Waals surface area contributed by atoms with Crippen molar-refractivity contribution in [2.24, 2.45) is 0 Å². The minimum absolute atomic E-state index is 0.245. The monoisotopic (exact) mass is 431 g/mol. The maximum atomic E-state index is 13.2. The second kappa shape index (κ2) is 10.9. The highest BCUT2D eigenvalue weighted by atomic mass is 16.5. The Morgan fingerprint density at radius 3 is 1.59 bits per heavy atom. The summed E-state index contributed by atoms with van der Waals surface area (Å²) >= 11 is 0. The normalized spacial score (nSPS) is 11.3. The van der Waals surface area contributed by atoms with Crippen LogP contribution in [0.3, 0.4) is 0 Å². The summed E-state index contributed by atoms with van der Waals surface area (Å²) in [5.74, 6) is -1.43. The largest absolute Gasteiger partial charge is 0.465 e. The summed E-state index contributed by atoms with van der Waals surface area (Å²) in [4.78, 5) is 38.9. The molecule has 0 heterocycles. The van der Waals surface area contributed by atoms with Crippen molar-refractivity contribution in [3.8, 4) is 0 Å². The number of carbonyl (C=O) groups is 3. The molecule has 0 aliphatic heterocycles. The lowest BCUT2D eigenvalue weighted by Gasteiger charge is -2.26. The molecule has 1 unspecified atom stereocenters. The van der Waals surface area contributed by atoms with Gasteiger partial charge in [0.05, 0.1) is 18.2 Å². The number of hydrogen-bond donors (Lipinski definition) is 0. The number of carbonyl (C=O) groups excluding carboxylic acids is 3. The molecule has 1 atom stereocenters. The van der Waals surface area contributed by atoms with Crippen LogP contribution >= 0.6 is 0 Å². The van der Waals surface area contributed by atoms with E-state index in [0.717, 1.165) is 11.1 Å². The van der Waals surface area contributed by atoms with Crippen LogP contribution in [0.2, 0.25) is 0 Å². The first kappa shape index (κ1) is 22.7. The summed E-state index contributed by atoms with van der Waals surface area (Å²) in [6, 6.07) is 25.2. The molecular formula is C26H25NO5. The number of benzene rings is 3. The van der Waals surface area contributed by atoms with Gasteiger partial charge in [0.25, 0.3) is 5.91 Å². The maximum Gasteiger partial charge on any atom is 0.338 e. The Morgan fingerprint density at radius 2 is 1.16 bits per heavy atom. The van der Waals surface area contributed by atoms with Crippen LogP contribution in [0, 0.1) is 0 Å². The molecule has 0 bridgehead atoms. The van der Waals surface area contributed by atoms with Crippen molar-refractivity contribution in [3.05, 3.63) is 107 Å². The van der Waals surface area contributed by atoms with E-state index in [0.29, 0.717) is 18.7 Å². The minimum atomic E-state index is -0.977. The van der Waals surface area contributed by atoms with Gasteiger partial charge in [-0.15, -0.1) is 0 Å². The number of esters is 2. The number of ether oxygens (including phenoxy) is 2. The molecule has 3 aromatic rings. The minimum Gasteiger partial charge on any atom is -0.465 e. The topological polar surface area (TPSA) is 72.9 Å². The summed E-state index contributed by atoms with van der Waals surface area (Å²) in [7, 11) is 1.29. The van der Waals surface area contributed by atoms with Crippen LogP contribution in [-0.4, -0.2) is 36.0 Å². The Labute approximate surface area is 187 Å². The summed E-state index contributed by atoms with van der Waals surface area (Å²) in [5, 5.41) is 0. The Morgan fingerprint density at radius 1 is 0.719 bits per heavy atom. The van der Waals surface area contributed by atoms with Crippen LogP contribution in [0.15, 0.2) is 84.9 Å². The zero-order valence-corrected chi connectivity index (χ0v) is 18.1. The average Bonchev–Trinajstić information content (AvgIpc) is 2.84. The zero-order chi connectivity index (χ0) is 22.9. The van der Waals surface area contributed by atoms with Crippen molar-refractivity contribution in [2.45, 2.75) is 26.1 Å². The molecule has 0 spiro atoms. The molecule has 0 fully saturated rings. The molecule has 0 aromatic heterocycles. The molecule has 0 aliphatic rings. The van der Waals surface area contributed by atoms with Crippen molar-refractivity contribution >= 4 is 17.8 Å². The number of methoxy groups -OCH3 is 1. The van der Waals surface area contributed by atoms with Crippen LogP contribution in [0.1, 0.15) is 38.8 Å². The molecule has 0 saturated heterocycles. The molecule has 3 aromatic carbocycles. The summed E-state index contributed by atoms with van der Waals surface area (Å²) in [6.07, 6.45) is -0.977. The van der Waals surface area contributed by atoms with Crippen LogP contribution in [0.25, 0.3) is 0 Å². The first-order valence-electron chi connectivity index (χ1n) is 10.2. The van der Waals surface area contributed by atoms with Crippen molar-refractivity contribution in [3.63, 3.8) is 0 Å². The number of rotatable bonds is 8. The third-order valence-electron chi connectivity index (χ3n) is 4.92. The Bertz CT molecular complexity index is 1010. The Balaban J connectivity index is 1.71. The molecule has 6 heteroatoms. The highest BCUT2D eigenvalue weighted by Crippen LogP contribution is 2.14. The highest BCUT2D eigenvalue weighted by Gasteiger charge is 2.25. The lowest BCUT2D eigenvalue weighted by molar-refractivity contribution is -0.141. The fourth-order valence-electron chi connectivity index (χ4n) is 3.22. The third-order valence-corrected chi connectivity index (χ3v) is 4.92. The van der Waals surface area contributed by atoms with Gasteiger partial charge in [0.1, 0.15) is 0 Å². The molecule has 3 rings (SSSR count). The van der Waals surface area contributed by atoms with Crippen molar-refractivity contribution in [1.82, 2.24) is 4.90 Å². The van der Waals surface area contributed by atoms with E-state index in [1.165, 1.54) is 31.4 Å². The summed E-state index contributed by atoms with van der Waals surface area (Å²) in [6.45, 7) is 2.35. The van der Waals surface area contributed by atoms with Gasteiger partial charge in [-0.3, -0.25) is 4.79 Å². The molecular weight excluding hydrogens is 406 g/mol. The quantitative estimate of drug-likeness (QED) is 0.499. The molecule has 0 saturated carbocycles. The van der Waals surface area contributed by atoms with E-state index in [9.17, 15) is 14.4 Å². The molecule has 0 aliphatic carbocycles. The molecule has 32 heavy (non-hydrogen) atoms. The van der Waals surface area contributed by atoms with Crippen LogP contribution in [0.5, 0.6) is 0 Å². The first-order chi connectivity index (χ1) is 15.5. The van der Waals surface area contributed by atoms with Crippen molar-refractivity contribution in [2.75, 3.05) is 7.11 Å². The summed E-state index contributed by atoms with van der Waals surface area (Å²) in [5.41, 5.74) is 2.53. The van der Waals surface area contributed by atoms with Gasteiger partial charge in [-0.05, 0) is 42.3 Å². The molecule has 6 nitrogen and oxygen atoms in total. The predicted molar refractivity (Wildman–Crippen MR) is 120 cm³/mol. The van der Waals surface area contributed by atoms with E-state index >= 15 is 0 Å². The van der Waals surface area contributed by atoms with Gasteiger partial charge < -0.3 is 14.4 Å². The standard InChI is InChI=1S/C26H25NO5/c1-19(32-26(30)23-15-13-22(14-16-23)25(29)31-2)24(28)27(17-20-9-5-3-6-10-20)18-21-11-7-4-8-12-21/h3-16,19H,17-18H2,1-2H3. The number of nitrogens with zero attached hydrogens (tertiary/aromatic N) is 1. The van der Waals surface area contributed by atoms with Gasteiger partial charge >= 0.3 is 11.9 Å². The van der Waals surface area contributed by atoms with Crippen LogP contribution in [-0.2, 0) is 27.4 Å². The van der Waals surface area contributed by atoms with Gasteiger partial charge in [-0.25, -0.2) is 9.59 Å². The van der Waals surface area contributed by atoms with Gasteiger partial charge in [0.2, 0.25) is 0 Å². The fourth-order valence-corrected chi connectivity index (χ4v) is 3.22. The molecule has 1 amide bonds. The van der Waals surface area contributed by atoms with Gasteiger partial charge in [-0.1, -0.05) is 60.7 Å². The maximum absolute atomic E-state index is 13.2.